The highest BCUT2D eigenvalue weighted by molar-refractivity contribution is 8.00. The zero-order chi connectivity index (χ0) is 15.5. The lowest BCUT2D eigenvalue weighted by atomic mass is 10.2. The van der Waals surface area contributed by atoms with Crippen molar-refractivity contribution < 1.29 is 9.53 Å². The van der Waals surface area contributed by atoms with Gasteiger partial charge in [-0.15, -0.1) is 18.3 Å². The summed E-state index contributed by atoms with van der Waals surface area (Å²) < 4.78 is 5.00. The topological polar surface area (TPSA) is 50.4 Å². The van der Waals surface area contributed by atoms with E-state index < -0.39 is 0 Å². The maximum atomic E-state index is 11.8. The van der Waals surface area contributed by atoms with Crippen molar-refractivity contribution in [2.24, 2.45) is 0 Å². The quantitative estimate of drug-likeness (QED) is 0.395. The molecule has 1 rings (SSSR count). The summed E-state index contributed by atoms with van der Waals surface area (Å²) in [6.07, 6.45) is 1.68. The zero-order valence-electron chi connectivity index (χ0n) is 12.7. The SMILES string of the molecule is C=CCNC(=O)C(C)Sc1cccc(CNCCOC)c1. The molecule has 0 aliphatic rings. The molecular weight excluding hydrogens is 284 g/mol. The van der Waals surface area contributed by atoms with Gasteiger partial charge in [-0.2, -0.15) is 0 Å². The number of amides is 1. The van der Waals surface area contributed by atoms with E-state index >= 15 is 0 Å². The van der Waals surface area contributed by atoms with Crippen LogP contribution in [0.4, 0.5) is 0 Å². The van der Waals surface area contributed by atoms with E-state index in [-0.39, 0.29) is 11.2 Å². The summed E-state index contributed by atoms with van der Waals surface area (Å²) in [6, 6.07) is 8.23. The summed E-state index contributed by atoms with van der Waals surface area (Å²) in [5, 5.41) is 6.00. The second-order valence-electron chi connectivity index (χ2n) is 4.61. The van der Waals surface area contributed by atoms with Crippen molar-refractivity contribution in [3.8, 4) is 0 Å². The molecule has 0 saturated carbocycles. The van der Waals surface area contributed by atoms with Crippen molar-refractivity contribution in [3.05, 3.63) is 42.5 Å². The van der Waals surface area contributed by atoms with Gasteiger partial charge < -0.3 is 15.4 Å². The van der Waals surface area contributed by atoms with Gasteiger partial charge in [0.2, 0.25) is 5.91 Å². The Morgan fingerprint density at radius 3 is 3.05 bits per heavy atom. The number of hydrogen-bond donors (Lipinski definition) is 2. The predicted octanol–water partition coefficient (Wildman–Crippen LogP) is 2.21. The minimum atomic E-state index is -0.123. The first-order valence-corrected chi connectivity index (χ1v) is 7.89. The third-order valence-electron chi connectivity index (χ3n) is 2.81. The van der Waals surface area contributed by atoms with Gasteiger partial charge in [-0.05, 0) is 24.6 Å². The fourth-order valence-electron chi connectivity index (χ4n) is 1.71. The van der Waals surface area contributed by atoms with Gasteiger partial charge in [0, 0.05) is 31.6 Å². The van der Waals surface area contributed by atoms with Crippen LogP contribution in [0.1, 0.15) is 12.5 Å². The summed E-state index contributed by atoms with van der Waals surface area (Å²) >= 11 is 1.56. The predicted molar refractivity (Wildman–Crippen MR) is 88.6 cm³/mol. The number of carbonyl (C=O) groups is 1. The van der Waals surface area contributed by atoms with Crippen molar-refractivity contribution in [1.82, 2.24) is 10.6 Å². The lowest BCUT2D eigenvalue weighted by Gasteiger charge is -2.12. The molecule has 0 spiro atoms. The largest absolute Gasteiger partial charge is 0.383 e. The van der Waals surface area contributed by atoms with Crippen LogP contribution in [0, 0.1) is 0 Å². The molecule has 0 bridgehead atoms. The number of methoxy groups -OCH3 is 1. The van der Waals surface area contributed by atoms with Gasteiger partial charge in [0.25, 0.3) is 0 Å². The van der Waals surface area contributed by atoms with E-state index in [0.717, 1.165) is 18.0 Å². The average Bonchev–Trinajstić information content (AvgIpc) is 2.49. The van der Waals surface area contributed by atoms with Crippen LogP contribution in [0.25, 0.3) is 0 Å². The van der Waals surface area contributed by atoms with Gasteiger partial charge >= 0.3 is 0 Å². The standard InChI is InChI=1S/C16H24N2O2S/c1-4-8-18-16(19)13(2)21-15-7-5-6-14(11-15)12-17-9-10-20-3/h4-7,11,13,17H,1,8-10,12H2,2-3H3,(H,18,19). The number of ether oxygens (including phenoxy) is 1. The second-order valence-corrected chi connectivity index (χ2v) is 6.03. The van der Waals surface area contributed by atoms with E-state index in [9.17, 15) is 4.79 Å². The molecule has 1 aromatic carbocycles. The molecule has 0 aliphatic carbocycles. The molecule has 0 aromatic heterocycles. The average molecular weight is 308 g/mol. The smallest absolute Gasteiger partial charge is 0.233 e. The molecule has 116 valence electrons. The third-order valence-corrected chi connectivity index (χ3v) is 3.91. The van der Waals surface area contributed by atoms with Crippen LogP contribution < -0.4 is 10.6 Å². The summed E-state index contributed by atoms with van der Waals surface area (Å²) in [6.45, 7) is 8.34. The highest BCUT2D eigenvalue weighted by atomic mass is 32.2. The van der Waals surface area contributed by atoms with E-state index in [1.165, 1.54) is 5.56 Å². The molecule has 5 heteroatoms. The molecule has 0 radical (unpaired) electrons. The molecule has 1 amide bonds. The van der Waals surface area contributed by atoms with E-state index in [1.54, 1.807) is 24.9 Å². The highest BCUT2D eigenvalue weighted by Crippen LogP contribution is 2.24. The van der Waals surface area contributed by atoms with Crippen LogP contribution in [0.5, 0.6) is 0 Å². The molecule has 0 aliphatic heterocycles. The van der Waals surface area contributed by atoms with Gasteiger partial charge in [-0.25, -0.2) is 0 Å². The van der Waals surface area contributed by atoms with Gasteiger partial charge in [0.1, 0.15) is 0 Å². The fraction of sp³-hybridized carbons (Fsp3) is 0.438. The summed E-state index contributed by atoms with van der Waals surface area (Å²) in [5.41, 5.74) is 1.20. The Kier molecular flexibility index (Phi) is 8.82. The van der Waals surface area contributed by atoms with Gasteiger partial charge in [0.15, 0.2) is 0 Å². The molecule has 2 N–H and O–H groups in total. The molecule has 4 nitrogen and oxygen atoms in total. The number of benzene rings is 1. The fourth-order valence-corrected chi connectivity index (χ4v) is 2.69. The molecule has 1 aromatic rings. The Balaban J connectivity index is 2.47. The summed E-state index contributed by atoms with van der Waals surface area (Å²) in [4.78, 5) is 12.9. The monoisotopic (exact) mass is 308 g/mol. The third kappa shape index (κ3) is 7.32. The first-order chi connectivity index (χ1) is 10.2. The Morgan fingerprint density at radius 1 is 1.52 bits per heavy atom. The van der Waals surface area contributed by atoms with Gasteiger partial charge in [0.05, 0.1) is 11.9 Å². The van der Waals surface area contributed by atoms with Crippen LogP contribution in [0.3, 0.4) is 0 Å². The number of nitrogens with one attached hydrogen (secondary N) is 2. The Hall–Kier alpha value is -1.30. The summed E-state index contributed by atoms with van der Waals surface area (Å²) in [5.74, 6) is 0.0310. The lowest BCUT2D eigenvalue weighted by molar-refractivity contribution is -0.120. The molecule has 1 unspecified atom stereocenters. The Labute approximate surface area is 131 Å². The van der Waals surface area contributed by atoms with Crippen LogP contribution in [-0.2, 0) is 16.1 Å². The van der Waals surface area contributed by atoms with E-state index in [2.05, 4.69) is 29.3 Å². The molecule has 21 heavy (non-hydrogen) atoms. The number of hydrogen-bond acceptors (Lipinski definition) is 4. The van der Waals surface area contributed by atoms with Crippen LogP contribution in [0.2, 0.25) is 0 Å². The highest BCUT2D eigenvalue weighted by Gasteiger charge is 2.13. The first-order valence-electron chi connectivity index (χ1n) is 7.01. The number of carbonyl (C=O) groups excluding carboxylic acids is 1. The maximum Gasteiger partial charge on any atom is 0.233 e. The van der Waals surface area contributed by atoms with Crippen molar-refractivity contribution in [1.29, 1.82) is 0 Å². The normalized spacial score (nSPS) is 11.9. The lowest BCUT2D eigenvalue weighted by Crippen LogP contribution is -2.30. The second kappa shape index (κ2) is 10.4. The molecule has 0 saturated heterocycles. The van der Waals surface area contributed by atoms with Crippen molar-refractivity contribution in [3.63, 3.8) is 0 Å². The maximum absolute atomic E-state index is 11.8. The van der Waals surface area contributed by atoms with Crippen molar-refractivity contribution in [2.75, 3.05) is 26.8 Å². The molecule has 0 fully saturated rings. The minimum Gasteiger partial charge on any atom is -0.383 e. The van der Waals surface area contributed by atoms with E-state index in [0.29, 0.717) is 13.2 Å². The minimum absolute atomic E-state index is 0.0310. The number of rotatable bonds is 10. The molecule has 0 heterocycles. The van der Waals surface area contributed by atoms with Crippen LogP contribution in [0.15, 0.2) is 41.8 Å². The van der Waals surface area contributed by atoms with Crippen molar-refractivity contribution >= 4 is 17.7 Å². The van der Waals surface area contributed by atoms with E-state index in [1.807, 2.05) is 19.1 Å². The van der Waals surface area contributed by atoms with E-state index in [4.69, 9.17) is 4.74 Å². The van der Waals surface area contributed by atoms with Gasteiger partial charge in [-0.1, -0.05) is 18.2 Å². The van der Waals surface area contributed by atoms with Crippen LogP contribution in [-0.4, -0.2) is 38.0 Å². The Bertz CT molecular complexity index is 452. The Morgan fingerprint density at radius 2 is 2.33 bits per heavy atom. The zero-order valence-corrected chi connectivity index (χ0v) is 13.5. The number of thioether (sulfide) groups is 1. The molecular formula is C16H24N2O2S. The van der Waals surface area contributed by atoms with Crippen LogP contribution >= 0.6 is 11.8 Å². The summed E-state index contributed by atoms with van der Waals surface area (Å²) in [7, 11) is 1.69. The first kappa shape index (κ1) is 17.8. The molecule has 1 atom stereocenters. The van der Waals surface area contributed by atoms with Gasteiger partial charge in [-0.3, -0.25) is 4.79 Å². The van der Waals surface area contributed by atoms with Crippen molar-refractivity contribution in [2.45, 2.75) is 23.6 Å².